The van der Waals surface area contributed by atoms with Crippen LogP contribution in [-0.4, -0.2) is 32.2 Å². The van der Waals surface area contributed by atoms with Gasteiger partial charge in [-0.25, -0.2) is 0 Å². The minimum absolute atomic E-state index is 0.0458. The molecule has 0 bridgehead atoms. The fraction of sp³-hybridized carbons (Fsp3) is 0.0435. The van der Waals surface area contributed by atoms with Crippen LogP contribution in [0.2, 0.25) is 5.02 Å². The summed E-state index contributed by atoms with van der Waals surface area (Å²) >= 11 is 5.91. The maximum Gasteiger partial charge on any atom is 0.573 e. The van der Waals surface area contributed by atoms with Crippen molar-refractivity contribution in [2.24, 2.45) is 0 Å². The number of alkyl halides is 3. The lowest BCUT2D eigenvalue weighted by Crippen LogP contribution is -2.16. The van der Waals surface area contributed by atoms with E-state index in [-0.39, 0.29) is 29.1 Å². The summed E-state index contributed by atoms with van der Waals surface area (Å²) in [4.78, 5) is 17.4. The number of hydrogen-bond acceptors (Lipinski definition) is 6. The number of nitrogens with zero attached hydrogens (tertiary/aromatic N) is 4. The van der Waals surface area contributed by atoms with Gasteiger partial charge in [-0.1, -0.05) is 35.0 Å². The van der Waals surface area contributed by atoms with Crippen LogP contribution in [0.3, 0.4) is 0 Å². The second kappa shape index (κ2) is 8.31. The first-order valence-corrected chi connectivity index (χ1v) is 10.1. The van der Waals surface area contributed by atoms with Gasteiger partial charge in [0.05, 0.1) is 5.52 Å². The van der Waals surface area contributed by atoms with E-state index in [9.17, 15) is 18.0 Å². The Hall–Kier alpha value is -4.18. The number of fused-ring (bicyclic) bond motifs is 1. The Bertz CT molecular complexity index is 1490. The second-order valence-electron chi connectivity index (χ2n) is 7.08. The Morgan fingerprint density at radius 1 is 0.971 bits per heavy atom. The molecule has 0 saturated carbocycles. The molecule has 5 rings (SSSR count). The Morgan fingerprint density at radius 2 is 1.68 bits per heavy atom. The smallest absolute Gasteiger partial charge is 0.406 e. The SMILES string of the molecule is O=C(c1ccc(Cl)cc1)n1nc(-c2nc(-c3ccc(OC(F)(F)F)cc3)no2)c2ccccc21. The summed E-state index contributed by atoms with van der Waals surface area (Å²) in [7, 11) is 0. The average Bonchev–Trinajstić information content (AvgIpc) is 3.44. The third-order valence-electron chi connectivity index (χ3n) is 4.85. The minimum Gasteiger partial charge on any atom is -0.406 e. The van der Waals surface area contributed by atoms with Gasteiger partial charge in [0.1, 0.15) is 5.75 Å². The van der Waals surface area contributed by atoms with Crippen molar-refractivity contribution < 1.29 is 27.2 Å². The molecule has 3 aromatic carbocycles. The summed E-state index contributed by atoms with van der Waals surface area (Å²) in [5, 5.41) is 9.41. The predicted octanol–water partition coefficient (Wildman–Crippen LogP) is 5.99. The van der Waals surface area contributed by atoms with Crippen LogP contribution in [-0.2, 0) is 0 Å². The lowest BCUT2D eigenvalue weighted by atomic mass is 10.2. The number of halogens is 4. The molecule has 2 heterocycles. The Labute approximate surface area is 194 Å². The monoisotopic (exact) mass is 484 g/mol. The highest BCUT2D eigenvalue weighted by atomic mass is 35.5. The third-order valence-corrected chi connectivity index (χ3v) is 5.10. The number of rotatable bonds is 4. The van der Waals surface area contributed by atoms with Crippen LogP contribution in [0.1, 0.15) is 10.4 Å². The van der Waals surface area contributed by atoms with Crippen LogP contribution in [0.4, 0.5) is 13.2 Å². The molecule has 0 radical (unpaired) electrons. The molecule has 0 spiro atoms. The van der Waals surface area contributed by atoms with Crippen LogP contribution >= 0.6 is 11.6 Å². The van der Waals surface area contributed by atoms with Crippen molar-refractivity contribution in [2.75, 3.05) is 0 Å². The van der Waals surface area contributed by atoms with E-state index in [1.165, 1.54) is 16.8 Å². The zero-order valence-electron chi connectivity index (χ0n) is 17.0. The van der Waals surface area contributed by atoms with Crippen molar-refractivity contribution >= 4 is 28.4 Å². The van der Waals surface area contributed by atoms with Crippen molar-refractivity contribution in [3.8, 4) is 28.7 Å². The number of carbonyl (C=O) groups is 1. The molecule has 0 amide bonds. The van der Waals surface area contributed by atoms with Crippen LogP contribution in [0.25, 0.3) is 33.9 Å². The van der Waals surface area contributed by atoms with Crippen molar-refractivity contribution in [2.45, 2.75) is 6.36 Å². The van der Waals surface area contributed by atoms with E-state index in [0.29, 0.717) is 27.1 Å². The first kappa shape index (κ1) is 21.7. The topological polar surface area (TPSA) is 83.0 Å². The van der Waals surface area contributed by atoms with Crippen molar-refractivity contribution in [3.05, 3.63) is 83.4 Å². The third kappa shape index (κ3) is 4.23. The molecule has 0 unspecified atom stereocenters. The van der Waals surface area contributed by atoms with Gasteiger partial charge in [0.15, 0.2) is 5.69 Å². The van der Waals surface area contributed by atoms with E-state index in [0.717, 1.165) is 12.1 Å². The van der Waals surface area contributed by atoms with E-state index in [4.69, 9.17) is 16.1 Å². The molecule has 5 aromatic rings. The molecule has 7 nitrogen and oxygen atoms in total. The molecule has 0 saturated heterocycles. The molecule has 170 valence electrons. The summed E-state index contributed by atoms with van der Waals surface area (Å²) in [6, 6.07) is 18.5. The zero-order chi connectivity index (χ0) is 23.9. The van der Waals surface area contributed by atoms with Gasteiger partial charge in [-0.2, -0.15) is 14.8 Å². The maximum absolute atomic E-state index is 13.1. The molecule has 0 fully saturated rings. The van der Waals surface area contributed by atoms with Gasteiger partial charge in [-0.05, 0) is 54.6 Å². The molecular weight excluding hydrogens is 473 g/mol. The highest BCUT2D eigenvalue weighted by molar-refractivity contribution is 6.30. The largest absolute Gasteiger partial charge is 0.573 e. The summed E-state index contributed by atoms with van der Waals surface area (Å²) in [6.45, 7) is 0. The highest BCUT2D eigenvalue weighted by Crippen LogP contribution is 2.30. The van der Waals surface area contributed by atoms with Gasteiger partial charge < -0.3 is 9.26 Å². The summed E-state index contributed by atoms with van der Waals surface area (Å²) in [5.74, 6) is -0.565. The first-order valence-electron chi connectivity index (χ1n) is 9.77. The van der Waals surface area contributed by atoms with Crippen molar-refractivity contribution in [1.82, 2.24) is 19.9 Å². The van der Waals surface area contributed by atoms with Gasteiger partial charge in [0.2, 0.25) is 5.82 Å². The molecule has 2 aromatic heterocycles. The van der Waals surface area contributed by atoms with E-state index < -0.39 is 6.36 Å². The quantitative estimate of drug-likeness (QED) is 0.311. The molecule has 34 heavy (non-hydrogen) atoms. The molecule has 0 aliphatic heterocycles. The number of aromatic nitrogens is 4. The van der Waals surface area contributed by atoms with Gasteiger partial charge in [0.25, 0.3) is 11.8 Å². The zero-order valence-corrected chi connectivity index (χ0v) is 17.7. The van der Waals surface area contributed by atoms with E-state index in [2.05, 4.69) is 20.0 Å². The predicted molar refractivity (Wildman–Crippen MR) is 116 cm³/mol. The van der Waals surface area contributed by atoms with Crippen molar-refractivity contribution in [3.63, 3.8) is 0 Å². The molecule has 11 heteroatoms. The molecular formula is C23H12ClF3N4O3. The lowest BCUT2D eigenvalue weighted by Gasteiger charge is -2.08. The number of carbonyl (C=O) groups excluding carboxylic acids is 1. The number of ether oxygens (including phenoxy) is 1. The average molecular weight is 485 g/mol. The van der Waals surface area contributed by atoms with E-state index >= 15 is 0 Å². The molecule has 0 N–H and O–H groups in total. The van der Waals surface area contributed by atoms with Gasteiger partial charge in [0, 0.05) is 21.5 Å². The van der Waals surface area contributed by atoms with Gasteiger partial charge >= 0.3 is 6.36 Å². The highest BCUT2D eigenvalue weighted by Gasteiger charge is 2.31. The Balaban J connectivity index is 1.50. The molecule has 0 aliphatic rings. The van der Waals surface area contributed by atoms with Crippen LogP contribution in [0, 0.1) is 0 Å². The van der Waals surface area contributed by atoms with E-state index in [1.807, 2.05) is 0 Å². The fourth-order valence-corrected chi connectivity index (χ4v) is 3.46. The first-order chi connectivity index (χ1) is 16.3. The minimum atomic E-state index is -4.79. The second-order valence-corrected chi connectivity index (χ2v) is 7.52. The van der Waals surface area contributed by atoms with Crippen LogP contribution < -0.4 is 4.74 Å². The standard InChI is InChI=1S/C23H12ClF3N4O3/c24-15-9-5-14(6-10-15)22(32)31-18-4-2-1-3-17(18)19(29-31)21-28-20(30-34-21)13-7-11-16(12-8-13)33-23(25,26)27/h1-12H. The number of benzene rings is 3. The number of hydrogen-bond donors (Lipinski definition) is 0. The maximum atomic E-state index is 13.1. The summed E-state index contributed by atoms with van der Waals surface area (Å²) in [5.41, 5.74) is 1.61. The van der Waals surface area contributed by atoms with Gasteiger partial charge in [-0.15, -0.1) is 13.2 Å². The normalized spacial score (nSPS) is 11.6. The van der Waals surface area contributed by atoms with E-state index in [1.54, 1.807) is 48.5 Å². The summed E-state index contributed by atoms with van der Waals surface area (Å²) in [6.07, 6.45) is -4.79. The van der Waals surface area contributed by atoms with Crippen LogP contribution in [0.15, 0.2) is 77.3 Å². The summed E-state index contributed by atoms with van der Waals surface area (Å²) < 4.78 is 47.6. The fourth-order valence-electron chi connectivity index (χ4n) is 3.34. The van der Waals surface area contributed by atoms with Gasteiger partial charge in [-0.3, -0.25) is 4.79 Å². The molecule has 0 atom stereocenters. The number of para-hydroxylation sites is 1. The van der Waals surface area contributed by atoms with Crippen molar-refractivity contribution in [1.29, 1.82) is 0 Å². The Morgan fingerprint density at radius 3 is 2.38 bits per heavy atom. The lowest BCUT2D eigenvalue weighted by molar-refractivity contribution is -0.274. The molecule has 0 aliphatic carbocycles. The Kier molecular flexibility index (Phi) is 5.29. The van der Waals surface area contributed by atoms with Crippen LogP contribution in [0.5, 0.6) is 5.75 Å².